The normalized spacial score (nSPS) is 16.4. The van der Waals surface area contributed by atoms with Crippen molar-refractivity contribution in [3.8, 4) is 11.1 Å². The van der Waals surface area contributed by atoms with Crippen LogP contribution in [0.2, 0.25) is 0 Å². The average Bonchev–Trinajstić information content (AvgIpc) is 3.02. The number of carbonyl (C=O) groups is 2. The minimum Gasteiger partial charge on any atom is -0.465 e. The maximum absolute atomic E-state index is 15.6. The first-order chi connectivity index (χ1) is 21.6. The predicted octanol–water partition coefficient (Wildman–Crippen LogP) is 5.63. The lowest BCUT2D eigenvalue weighted by Crippen LogP contribution is -2.48. The first-order valence-electron chi connectivity index (χ1n) is 15.9. The number of carboxylic acid groups (broad SMARTS) is 1. The summed E-state index contributed by atoms with van der Waals surface area (Å²) in [4.78, 5) is 28.7. The molecule has 4 N–H and O–H groups in total. The maximum atomic E-state index is 15.6. The number of likely N-dealkylation sites (tertiary alicyclic amines) is 1. The lowest BCUT2D eigenvalue weighted by molar-refractivity contribution is -0.0564. The number of amides is 2. The third-order valence-corrected chi connectivity index (χ3v) is 8.67. The number of hydrogen-bond donors (Lipinski definition) is 4. The Morgan fingerprint density at radius 2 is 1.80 bits per heavy atom. The first-order valence-corrected chi connectivity index (χ1v) is 15.9. The third-order valence-electron chi connectivity index (χ3n) is 8.67. The molecule has 2 atom stereocenters. The monoisotopic (exact) mass is 618 g/mol. The van der Waals surface area contributed by atoms with Crippen molar-refractivity contribution < 1.29 is 24.2 Å². The van der Waals surface area contributed by atoms with Crippen LogP contribution in [0.1, 0.15) is 59.2 Å². The van der Waals surface area contributed by atoms with Gasteiger partial charge in [-0.2, -0.15) is 0 Å². The van der Waals surface area contributed by atoms with Crippen molar-refractivity contribution in [2.45, 2.75) is 51.2 Å². The number of rotatable bonds is 14. The van der Waals surface area contributed by atoms with Crippen molar-refractivity contribution in [3.05, 3.63) is 94.8 Å². The molecule has 9 heteroatoms. The Morgan fingerprint density at radius 1 is 1.04 bits per heavy atom. The van der Waals surface area contributed by atoms with Crippen LogP contribution in [0.4, 0.5) is 9.18 Å². The van der Waals surface area contributed by atoms with E-state index in [1.54, 1.807) is 17.0 Å². The second-order valence-electron chi connectivity index (χ2n) is 12.4. The number of hydrogen-bond acceptors (Lipinski definition) is 5. The summed E-state index contributed by atoms with van der Waals surface area (Å²) in [6.45, 7) is 5.63. The minimum atomic E-state index is -1.50. The smallest absolute Gasteiger partial charge is 0.404 e. The van der Waals surface area contributed by atoms with Crippen molar-refractivity contribution in [2.75, 3.05) is 46.8 Å². The minimum absolute atomic E-state index is 0.0989. The molecule has 1 fully saturated rings. The summed E-state index contributed by atoms with van der Waals surface area (Å²) in [6.07, 6.45) is 1.82. The zero-order valence-corrected chi connectivity index (χ0v) is 26.7. The Kier molecular flexibility index (Phi) is 12.1. The van der Waals surface area contributed by atoms with Gasteiger partial charge >= 0.3 is 6.09 Å². The first kappa shape index (κ1) is 34.1. The summed E-state index contributed by atoms with van der Waals surface area (Å²) >= 11 is 0. The Labute approximate surface area is 266 Å². The zero-order chi connectivity index (χ0) is 32.4. The second kappa shape index (κ2) is 16.0. The van der Waals surface area contributed by atoms with E-state index in [-0.39, 0.29) is 24.8 Å². The van der Waals surface area contributed by atoms with E-state index in [9.17, 15) is 14.7 Å². The molecule has 3 aromatic rings. The van der Waals surface area contributed by atoms with Gasteiger partial charge in [0.25, 0.3) is 5.91 Å². The highest BCUT2D eigenvalue weighted by Crippen LogP contribution is 2.44. The summed E-state index contributed by atoms with van der Waals surface area (Å²) in [5, 5.41) is 27.5. The Balaban J connectivity index is 1.55. The van der Waals surface area contributed by atoms with Crippen molar-refractivity contribution in [1.82, 2.24) is 20.4 Å². The van der Waals surface area contributed by atoms with E-state index in [1.807, 2.05) is 55.5 Å². The van der Waals surface area contributed by atoms with Gasteiger partial charge in [0.15, 0.2) is 0 Å². The highest BCUT2D eigenvalue weighted by atomic mass is 19.1. The molecule has 0 aliphatic carbocycles. The van der Waals surface area contributed by atoms with Crippen LogP contribution in [0.15, 0.2) is 66.7 Å². The van der Waals surface area contributed by atoms with Crippen molar-refractivity contribution in [3.63, 3.8) is 0 Å². The van der Waals surface area contributed by atoms with Gasteiger partial charge < -0.3 is 30.6 Å². The molecule has 2 amide bonds. The molecule has 45 heavy (non-hydrogen) atoms. The van der Waals surface area contributed by atoms with E-state index in [0.717, 1.165) is 37.2 Å². The Hall–Kier alpha value is -3.79. The van der Waals surface area contributed by atoms with Crippen LogP contribution in [0.3, 0.4) is 0 Å². The number of carbonyl (C=O) groups excluding carboxylic acids is 1. The van der Waals surface area contributed by atoms with Crippen LogP contribution in [-0.2, 0) is 12.1 Å². The molecule has 242 valence electrons. The number of aliphatic hydroxyl groups is 1. The SMILES string of the molecule is Cc1cccc(-c2c(F)cccc2[C@](O)(CCCNC(=O)O)[C@@H]2CCCN(C(=O)c3ccc(CNCCCN(C)C)cc3)C2)c1. The average molecular weight is 619 g/mol. The van der Waals surface area contributed by atoms with Crippen LogP contribution in [0.5, 0.6) is 0 Å². The highest BCUT2D eigenvalue weighted by Gasteiger charge is 2.43. The van der Waals surface area contributed by atoms with Crippen LogP contribution >= 0.6 is 0 Å². The highest BCUT2D eigenvalue weighted by molar-refractivity contribution is 5.94. The van der Waals surface area contributed by atoms with Gasteiger partial charge in [0.1, 0.15) is 5.82 Å². The van der Waals surface area contributed by atoms with Crippen LogP contribution < -0.4 is 10.6 Å². The van der Waals surface area contributed by atoms with Crippen molar-refractivity contribution in [2.24, 2.45) is 5.92 Å². The third kappa shape index (κ3) is 9.12. The molecule has 0 spiro atoms. The molecule has 8 nitrogen and oxygen atoms in total. The Morgan fingerprint density at radius 3 is 2.51 bits per heavy atom. The van der Waals surface area contributed by atoms with Crippen molar-refractivity contribution >= 4 is 12.0 Å². The molecule has 0 unspecified atom stereocenters. The van der Waals surface area contributed by atoms with E-state index in [0.29, 0.717) is 54.6 Å². The number of aryl methyl sites for hydroxylation is 1. The summed E-state index contributed by atoms with van der Waals surface area (Å²) in [5.41, 5.74) is 2.63. The van der Waals surface area contributed by atoms with Gasteiger partial charge in [-0.05, 0) is 101 Å². The lowest BCUT2D eigenvalue weighted by Gasteiger charge is -2.43. The van der Waals surface area contributed by atoms with E-state index in [4.69, 9.17) is 5.11 Å². The van der Waals surface area contributed by atoms with Crippen LogP contribution in [0, 0.1) is 18.7 Å². The molecule has 0 aromatic heterocycles. The number of nitrogens with one attached hydrogen (secondary N) is 2. The molecule has 1 aliphatic rings. The van der Waals surface area contributed by atoms with Crippen LogP contribution in [-0.4, -0.2) is 78.8 Å². The largest absolute Gasteiger partial charge is 0.465 e. The fourth-order valence-corrected chi connectivity index (χ4v) is 6.34. The maximum Gasteiger partial charge on any atom is 0.404 e. The topological polar surface area (TPSA) is 105 Å². The van der Waals surface area contributed by atoms with E-state index in [2.05, 4.69) is 29.6 Å². The van der Waals surface area contributed by atoms with Crippen LogP contribution in [0.25, 0.3) is 11.1 Å². The molecule has 3 aromatic carbocycles. The summed E-state index contributed by atoms with van der Waals surface area (Å²) in [7, 11) is 4.12. The second-order valence-corrected chi connectivity index (χ2v) is 12.4. The number of benzene rings is 3. The molecular formula is C36H47FN4O4. The molecule has 0 saturated carbocycles. The zero-order valence-electron chi connectivity index (χ0n) is 26.7. The van der Waals surface area contributed by atoms with Gasteiger partial charge in [-0.25, -0.2) is 9.18 Å². The lowest BCUT2D eigenvalue weighted by atomic mass is 9.72. The van der Waals surface area contributed by atoms with Gasteiger partial charge in [-0.3, -0.25) is 4.79 Å². The molecule has 1 heterocycles. The fourth-order valence-electron chi connectivity index (χ4n) is 6.34. The number of piperidine rings is 1. The molecule has 0 radical (unpaired) electrons. The summed E-state index contributed by atoms with van der Waals surface area (Å²) < 4.78 is 15.6. The van der Waals surface area contributed by atoms with E-state index in [1.165, 1.54) is 6.07 Å². The molecule has 0 bridgehead atoms. The Bertz CT molecular complexity index is 1430. The predicted molar refractivity (Wildman–Crippen MR) is 176 cm³/mol. The van der Waals surface area contributed by atoms with Gasteiger partial charge in [0.05, 0.1) is 5.60 Å². The van der Waals surface area contributed by atoms with Gasteiger partial charge in [-0.1, -0.05) is 54.1 Å². The molecule has 1 saturated heterocycles. The molecular weight excluding hydrogens is 571 g/mol. The number of halogens is 1. The van der Waals surface area contributed by atoms with Gasteiger partial charge in [0, 0.05) is 43.2 Å². The number of nitrogens with zero attached hydrogens (tertiary/aromatic N) is 2. The van der Waals surface area contributed by atoms with Gasteiger partial charge in [-0.15, -0.1) is 0 Å². The van der Waals surface area contributed by atoms with E-state index >= 15 is 4.39 Å². The standard InChI is InChI=1S/C36H47FN4O4/c1-26-9-4-10-29(23-26)33-31(12-5-13-32(33)37)36(45,18-7-20-39-35(43)44)30-11-6-22-41(25-30)34(42)28-16-14-27(15-17-28)24-38-19-8-21-40(2)3/h4-5,9-10,12-17,23,30,38-39,45H,6-8,11,18-22,24-25H2,1-3H3,(H,43,44)/t30-,36+/m1/s1. The summed E-state index contributed by atoms with van der Waals surface area (Å²) in [5.74, 6) is -0.912. The van der Waals surface area contributed by atoms with Crippen molar-refractivity contribution in [1.29, 1.82) is 0 Å². The summed E-state index contributed by atoms with van der Waals surface area (Å²) in [6, 6.07) is 20.0. The molecule has 1 aliphatic heterocycles. The van der Waals surface area contributed by atoms with E-state index < -0.39 is 17.5 Å². The fraction of sp³-hybridized carbons (Fsp3) is 0.444. The van der Waals surface area contributed by atoms with Gasteiger partial charge in [0.2, 0.25) is 0 Å². The quantitative estimate of drug-likeness (QED) is 0.175. The molecule has 4 rings (SSSR count).